The molecule has 0 aliphatic carbocycles. The number of aromatic hydroxyl groups is 3. The number of phenols is 3. The van der Waals surface area contributed by atoms with Crippen molar-refractivity contribution in [1.29, 1.82) is 0 Å². The molecule has 1 heterocycles. The fraction of sp³-hybridized carbons (Fsp3) is 0.300. The van der Waals surface area contributed by atoms with Crippen LogP contribution in [0, 0.1) is 6.92 Å². The van der Waals surface area contributed by atoms with Gasteiger partial charge in [0.05, 0.1) is 0 Å². The molecule has 7 nitrogen and oxygen atoms in total. The standard InChI is InChI=1S/C20H22N2O5/c1-12-2-4-13(5-3-12)20(27)22-8-6-15(7-9-22)21-19(26)14-10-16(23)18(25)17(24)11-14/h2-5,10-11,15,23-25H,6-9H2,1H3,(H,21,26). The molecule has 1 aliphatic heterocycles. The number of hydrogen-bond acceptors (Lipinski definition) is 5. The van der Waals surface area contributed by atoms with Gasteiger partial charge in [-0.05, 0) is 44.0 Å². The summed E-state index contributed by atoms with van der Waals surface area (Å²) in [5.74, 6) is -2.25. The van der Waals surface area contributed by atoms with Crippen molar-refractivity contribution >= 4 is 11.8 Å². The summed E-state index contributed by atoms with van der Waals surface area (Å²) in [7, 11) is 0. The zero-order valence-electron chi connectivity index (χ0n) is 15.0. The van der Waals surface area contributed by atoms with Crippen LogP contribution in [0.25, 0.3) is 0 Å². The van der Waals surface area contributed by atoms with Gasteiger partial charge in [-0.1, -0.05) is 17.7 Å². The SMILES string of the molecule is Cc1ccc(C(=O)N2CCC(NC(=O)c3cc(O)c(O)c(O)c3)CC2)cc1. The first kappa shape index (κ1) is 18.6. The highest BCUT2D eigenvalue weighted by Gasteiger charge is 2.25. The van der Waals surface area contributed by atoms with E-state index in [2.05, 4.69) is 5.32 Å². The summed E-state index contributed by atoms with van der Waals surface area (Å²) in [6.07, 6.45) is 1.22. The molecule has 142 valence electrons. The number of nitrogens with zero attached hydrogens (tertiary/aromatic N) is 1. The Morgan fingerprint density at radius 1 is 0.963 bits per heavy atom. The van der Waals surface area contributed by atoms with Crippen LogP contribution in [0.3, 0.4) is 0 Å². The van der Waals surface area contributed by atoms with E-state index in [1.807, 2.05) is 31.2 Å². The van der Waals surface area contributed by atoms with E-state index in [0.29, 0.717) is 31.5 Å². The number of hydrogen-bond donors (Lipinski definition) is 4. The van der Waals surface area contributed by atoms with Gasteiger partial charge in [0, 0.05) is 30.3 Å². The van der Waals surface area contributed by atoms with Crippen LogP contribution in [0.5, 0.6) is 17.2 Å². The number of benzene rings is 2. The molecule has 0 saturated carbocycles. The van der Waals surface area contributed by atoms with E-state index >= 15 is 0 Å². The number of rotatable bonds is 3. The van der Waals surface area contributed by atoms with Crippen molar-refractivity contribution in [1.82, 2.24) is 10.2 Å². The Labute approximate surface area is 156 Å². The molecular weight excluding hydrogens is 348 g/mol. The molecule has 2 aromatic rings. The normalized spacial score (nSPS) is 14.8. The van der Waals surface area contributed by atoms with E-state index in [1.165, 1.54) is 0 Å². The summed E-state index contributed by atoms with van der Waals surface area (Å²) in [5.41, 5.74) is 1.80. The minimum Gasteiger partial charge on any atom is -0.504 e. The van der Waals surface area contributed by atoms with Crippen LogP contribution >= 0.6 is 0 Å². The minimum atomic E-state index is -0.658. The quantitative estimate of drug-likeness (QED) is 0.619. The Balaban J connectivity index is 1.57. The fourth-order valence-corrected chi connectivity index (χ4v) is 3.11. The molecule has 3 rings (SSSR count). The molecule has 27 heavy (non-hydrogen) atoms. The van der Waals surface area contributed by atoms with Gasteiger partial charge in [0.2, 0.25) is 0 Å². The molecule has 0 unspecified atom stereocenters. The maximum atomic E-state index is 12.5. The Morgan fingerprint density at radius 3 is 2.07 bits per heavy atom. The van der Waals surface area contributed by atoms with Gasteiger partial charge in [-0.25, -0.2) is 0 Å². The van der Waals surface area contributed by atoms with Crippen molar-refractivity contribution in [2.45, 2.75) is 25.8 Å². The van der Waals surface area contributed by atoms with Gasteiger partial charge in [-0.2, -0.15) is 0 Å². The third-order valence-corrected chi connectivity index (χ3v) is 4.75. The van der Waals surface area contributed by atoms with Gasteiger partial charge in [-0.15, -0.1) is 0 Å². The van der Waals surface area contributed by atoms with E-state index in [1.54, 1.807) is 4.90 Å². The molecule has 1 saturated heterocycles. The lowest BCUT2D eigenvalue weighted by molar-refractivity contribution is 0.0698. The van der Waals surface area contributed by atoms with Crippen molar-refractivity contribution in [2.24, 2.45) is 0 Å². The van der Waals surface area contributed by atoms with E-state index in [4.69, 9.17) is 0 Å². The third-order valence-electron chi connectivity index (χ3n) is 4.75. The first-order valence-corrected chi connectivity index (χ1v) is 8.77. The fourth-order valence-electron chi connectivity index (χ4n) is 3.11. The lowest BCUT2D eigenvalue weighted by atomic mass is 10.0. The van der Waals surface area contributed by atoms with Crippen molar-refractivity contribution < 1.29 is 24.9 Å². The van der Waals surface area contributed by atoms with Gasteiger partial charge in [0.1, 0.15) is 0 Å². The summed E-state index contributed by atoms with van der Waals surface area (Å²) < 4.78 is 0. The summed E-state index contributed by atoms with van der Waals surface area (Å²) in [6, 6.07) is 9.52. The van der Waals surface area contributed by atoms with Crippen LogP contribution in [0.4, 0.5) is 0 Å². The molecule has 0 bridgehead atoms. The summed E-state index contributed by atoms with van der Waals surface area (Å²) in [4.78, 5) is 26.6. The highest BCUT2D eigenvalue weighted by molar-refractivity contribution is 5.96. The second kappa shape index (κ2) is 7.57. The second-order valence-electron chi connectivity index (χ2n) is 6.77. The number of likely N-dealkylation sites (tertiary alicyclic amines) is 1. The maximum Gasteiger partial charge on any atom is 0.253 e. The largest absolute Gasteiger partial charge is 0.504 e. The summed E-state index contributed by atoms with van der Waals surface area (Å²) in [6.45, 7) is 3.03. The smallest absolute Gasteiger partial charge is 0.253 e. The lowest BCUT2D eigenvalue weighted by Gasteiger charge is -2.32. The first-order chi connectivity index (χ1) is 12.8. The Kier molecular flexibility index (Phi) is 5.21. The van der Waals surface area contributed by atoms with Gasteiger partial charge in [-0.3, -0.25) is 9.59 Å². The maximum absolute atomic E-state index is 12.5. The number of carbonyl (C=O) groups is 2. The van der Waals surface area contributed by atoms with Crippen molar-refractivity contribution in [3.8, 4) is 17.2 Å². The molecule has 0 spiro atoms. The van der Waals surface area contributed by atoms with E-state index in [-0.39, 0.29) is 17.5 Å². The number of amides is 2. The zero-order chi connectivity index (χ0) is 19.6. The molecule has 1 aliphatic rings. The van der Waals surface area contributed by atoms with Crippen molar-refractivity contribution in [3.05, 3.63) is 53.1 Å². The van der Waals surface area contributed by atoms with Crippen LogP contribution in [0.15, 0.2) is 36.4 Å². The Bertz CT molecular complexity index is 832. The van der Waals surface area contributed by atoms with Crippen molar-refractivity contribution in [3.63, 3.8) is 0 Å². The number of phenolic OH excluding ortho intramolecular Hbond substituents is 3. The summed E-state index contributed by atoms with van der Waals surface area (Å²) in [5, 5.41) is 31.2. The van der Waals surface area contributed by atoms with Crippen molar-refractivity contribution in [2.75, 3.05) is 13.1 Å². The molecule has 1 fully saturated rings. The van der Waals surface area contributed by atoms with Crippen LogP contribution in [0.1, 0.15) is 39.1 Å². The molecule has 0 radical (unpaired) electrons. The lowest BCUT2D eigenvalue weighted by Crippen LogP contribution is -2.46. The molecule has 0 atom stereocenters. The Morgan fingerprint density at radius 2 is 1.52 bits per heavy atom. The predicted molar refractivity (Wildman–Crippen MR) is 99.0 cm³/mol. The van der Waals surface area contributed by atoms with Gasteiger partial charge >= 0.3 is 0 Å². The molecule has 0 aromatic heterocycles. The third kappa shape index (κ3) is 4.13. The van der Waals surface area contributed by atoms with Gasteiger partial charge < -0.3 is 25.5 Å². The first-order valence-electron chi connectivity index (χ1n) is 8.77. The monoisotopic (exact) mass is 370 g/mol. The average Bonchev–Trinajstić information content (AvgIpc) is 2.66. The summed E-state index contributed by atoms with van der Waals surface area (Å²) >= 11 is 0. The van der Waals surface area contributed by atoms with Gasteiger partial charge in [0.25, 0.3) is 11.8 Å². The molecular formula is C20H22N2O5. The van der Waals surface area contributed by atoms with Crippen LogP contribution in [-0.4, -0.2) is 51.2 Å². The molecule has 4 N–H and O–H groups in total. The molecule has 7 heteroatoms. The highest BCUT2D eigenvalue weighted by atomic mass is 16.3. The van der Waals surface area contributed by atoms with E-state index in [9.17, 15) is 24.9 Å². The second-order valence-corrected chi connectivity index (χ2v) is 6.77. The van der Waals surface area contributed by atoms with Crippen LogP contribution < -0.4 is 5.32 Å². The predicted octanol–water partition coefficient (Wildman–Crippen LogP) is 2.15. The zero-order valence-corrected chi connectivity index (χ0v) is 15.0. The number of carbonyl (C=O) groups excluding carboxylic acids is 2. The number of nitrogens with one attached hydrogen (secondary N) is 1. The highest BCUT2D eigenvalue weighted by Crippen LogP contribution is 2.35. The van der Waals surface area contributed by atoms with E-state index in [0.717, 1.165) is 17.7 Å². The number of piperidine rings is 1. The Hall–Kier alpha value is -3.22. The minimum absolute atomic E-state index is 0.0202. The van der Waals surface area contributed by atoms with Gasteiger partial charge in [0.15, 0.2) is 17.2 Å². The number of aryl methyl sites for hydroxylation is 1. The topological polar surface area (TPSA) is 110 Å². The van der Waals surface area contributed by atoms with Crippen LogP contribution in [0.2, 0.25) is 0 Å². The average molecular weight is 370 g/mol. The molecule has 2 amide bonds. The van der Waals surface area contributed by atoms with Crippen LogP contribution in [-0.2, 0) is 0 Å². The van der Waals surface area contributed by atoms with E-state index < -0.39 is 23.2 Å². The molecule has 2 aromatic carbocycles.